The number of nitrogens with one attached hydrogen (secondary N) is 1. The summed E-state index contributed by atoms with van der Waals surface area (Å²) in [5, 5.41) is 4.31. The number of hydrogen-bond donors (Lipinski definition) is 1. The number of halogens is 1. The zero-order valence-corrected chi connectivity index (χ0v) is 14.1. The summed E-state index contributed by atoms with van der Waals surface area (Å²) >= 11 is 3.45. The number of fused-ring (bicyclic) bond motifs is 1. The molecule has 0 atom stereocenters. The summed E-state index contributed by atoms with van der Waals surface area (Å²) in [6.07, 6.45) is 2.96. The molecule has 0 radical (unpaired) electrons. The van der Waals surface area contributed by atoms with Crippen LogP contribution in [0.25, 0.3) is 10.9 Å². The number of sulfone groups is 1. The van der Waals surface area contributed by atoms with E-state index in [4.69, 9.17) is 4.74 Å². The summed E-state index contributed by atoms with van der Waals surface area (Å²) < 4.78 is 28.2. The van der Waals surface area contributed by atoms with Gasteiger partial charge in [-0.3, -0.25) is 4.98 Å². The molecule has 0 aliphatic heterocycles. The third-order valence-corrected chi connectivity index (χ3v) is 4.27. The third kappa shape index (κ3) is 5.26. The first kappa shape index (κ1) is 16.2. The van der Waals surface area contributed by atoms with Crippen LogP contribution in [-0.2, 0) is 14.6 Å². The summed E-state index contributed by atoms with van der Waals surface area (Å²) in [6.45, 7) is 1.28. The van der Waals surface area contributed by atoms with E-state index in [1.807, 2.05) is 24.3 Å². The van der Waals surface area contributed by atoms with Crippen molar-refractivity contribution in [2.75, 3.05) is 37.1 Å². The second-order valence-electron chi connectivity index (χ2n) is 4.69. The van der Waals surface area contributed by atoms with Crippen molar-refractivity contribution in [3.05, 3.63) is 34.9 Å². The van der Waals surface area contributed by atoms with Gasteiger partial charge in [0.05, 0.1) is 24.5 Å². The first-order valence-corrected chi connectivity index (χ1v) is 9.35. The lowest BCUT2D eigenvalue weighted by Crippen LogP contribution is -2.15. The van der Waals surface area contributed by atoms with Crippen molar-refractivity contribution in [3.8, 4) is 0 Å². The largest absolute Gasteiger partial charge is 0.382 e. The minimum absolute atomic E-state index is 0.0537. The first-order valence-electron chi connectivity index (χ1n) is 6.49. The summed E-state index contributed by atoms with van der Waals surface area (Å²) in [5.41, 5.74) is 1.90. The van der Waals surface area contributed by atoms with Gasteiger partial charge >= 0.3 is 0 Å². The predicted octanol–water partition coefficient (Wildman–Crippen LogP) is 2.47. The maximum absolute atomic E-state index is 11.0. The van der Waals surface area contributed by atoms with E-state index in [0.717, 1.165) is 21.1 Å². The number of rotatable bonds is 7. The van der Waals surface area contributed by atoms with E-state index >= 15 is 0 Å². The van der Waals surface area contributed by atoms with Crippen LogP contribution in [0.5, 0.6) is 0 Å². The van der Waals surface area contributed by atoms with Crippen molar-refractivity contribution >= 4 is 42.4 Å². The molecular weight excluding hydrogens is 356 g/mol. The Labute approximate surface area is 132 Å². The van der Waals surface area contributed by atoms with Gasteiger partial charge in [0.1, 0.15) is 9.84 Å². The van der Waals surface area contributed by atoms with Crippen molar-refractivity contribution in [1.29, 1.82) is 0 Å². The molecule has 2 rings (SSSR count). The van der Waals surface area contributed by atoms with Crippen LogP contribution in [0.3, 0.4) is 0 Å². The van der Waals surface area contributed by atoms with Gasteiger partial charge in [-0.05, 0) is 24.3 Å². The van der Waals surface area contributed by atoms with Crippen LogP contribution in [0, 0.1) is 0 Å². The van der Waals surface area contributed by atoms with Gasteiger partial charge in [0.25, 0.3) is 0 Å². The fraction of sp³-hybridized carbons (Fsp3) is 0.357. The second-order valence-corrected chi connectivity index (χ2v) is 7.86. The molecule has 21 heavy (non-hydrogen) atoms. The first-order chi connectivity index (χ1) is 9.96. The van der Waals surface area contributed by atoms with Crippen LogP contribution in [0.15, 0.2) is 34.9 Å². The molecule has 1 aromatic heterocycles. The van der Waals surface area contributed by atoms with Crippen LogP contribution in [0.4, 0.5) is 5.69 Å². The van der Waals surface area contributed by atoms with Gasteiger partial charge in [-0.2, -0.15) is 0 Å². The van der Waals surface area contributed by atoms with Gasteiger partial charge in [-0.15, -0.1) is 0 Å². The van der Waals surface area contributed by atoms with E-state index in [1.54, 1.807) is 6.20 Å². The monoisotopic (exact) mass is 372 g/mol. The Hall–Kier alpha value is -1.18. The maximum atomic E-state index is 11.0. The number of benzene rings is 1. The van der Waals surface area contributed by atoms with Crippen LogP contribution in [0.2, 0.25) is 0 Å². The Balaban J connectivity index is 1.88. The Morgan fingerprint density at radius 3 is 2.86 bits per heavy atom. The number of pyridine rings is 1. The van der Waals surface area contributed by atoms with Crippen molar-refractivity contribution < 1.29 is 13.2 Å². The lowest BCUT2D eigenvalue weighted by atomic mass is 10.2. The molecule has 0 spiro atoms. The van der Waals surface area contributed by atoms with Gasteiger partial charge in [-0.1, -0.05) is 15.9 Å². The molecule has 7 heteroatoms. The number of anilines is 1. The van der Waals surface area contributed by atoms with E-state index < -0.39 is 9.84 Å². The highest BCUT2D eigenvalue weighted by molar-refractivity contribution is 9.10. The molecule has 114 valence electrons. The predicted molar refractivity (Wildman–Crippen MR) is 88.5 cm³/mol. The van der Waals surface area contributed by atoms with Crippen molar-refractivity contribution in [1.82, 2.24) is 4.98 Å². The number of hydrogen-bond acceptors (Lipinski definition) is 5. The Morgan fingerprint density at radius 2 is 2.10 bits per heavy atom. The van der Waals surface area contributed by atoms with Crippen LogP contribution in [0.1, 0.15) is 0 Å². The van der Waals surface area contributed by atoms with Gasteiger partial charge < -0.3 is 10.1 Å². The fourth-order valence-electron chi connectivity index (χ4n) is 1.84. The molecule has 0 bridgehead atoms. The summed E-state index contributed by atoms with van der Waals surface area (Å²) in [4.78, 5) is 4.31. The standard InChI is InChI=1S/C14H17BrN2O3S/c1-21(18,19)9-8-20-7-6-17-14-4-5-16-13-3-2-11(15)10-12(13)14/h2-5,10H,6-9H2,1H3,(H,16,17). The molecule has 1 heterocycles. The molecule has 0 fully saturated rings. The maximum Gasteiger partial charge on any atom is 0.149 e. The average Bonchev–Trinajstić information content (AvgIpc) is 2.41. The van der Waals surface area contributed by atoms with E-state index in [2.05, 4.69) is 26.2 Å². The van der Waals surface area contributed by atoms with Crippen molar-refractivity contribution in [2.24, 2.45) is 0 Å². The number of ether oxygens (including phenoxy) is 1. The zero-order chi connectivity index (χ0) is 15.3. The normalized spacial score (nSPS) is 11.7. The molecule has 0 saturated heterocycles. The molecule has 2 aromatic rings. The molecule has 0 amide bonds. The molecule has 1 aromatic carbocycles. The molecular formula is C14H17BrN2O3S. The smallest absolute Gasteiger partial charge is 0.149 e. The molecule has 0 aliphatic carbocycles. The van der Waals surface area contributed by atoms with Gasteiger partial charge in [-0.25, -0.2) is 8.42 Å². The van der Waals surface area contributed by atoms with Crippen molar-refractivity contribution in [2.45, 2.75) is 0 Å². The molecule has 0 unspecified atom stereocenters. The Morgan fingerprint density at radius 1 is 1.29 bits per heavy atom. The second kappa shape index (κ2) is 7.20. The summed E-state index contributed by atoms with van der Waals surface area (Å²) in [6, 6.07) is 7.82. The van der Waals surface area contributed by atoms with Crippen LogP contribution >= 0.6 is 15.9 Å². The van der Waals surface area contributed by atoms with E-state index in [1.165, 1.54) is 6.26 Å². The number of aromatic nitrogens is 1. The fourth-order valence-corrected chi connectivity index (χ4v) is 2.62. The van der Waals surface area contributed by atoms with E-state index in [0.29, 0.717) is 13.2 Å². The minimum Gasteiger partial charge on any atom is -0.382 e. The SMILES string of the molecule is CS(=O)(=O)CCOCCNc1ccnc2ccc(Br)cc12. The number of nitrogens with zero attached hydrogens (tertiary/aromatic N) is 1. The quantitative estimate of drug-likeness (QED) is 0.756. The van der Waals surface area contributed by atoms with E-state index in [-0.39, 0.29) is 12.4 Å². The summed E-state index contributed by atoms with van der Waals surface area (Å²) in [5.74, 6) is 0.0537. The zero-order valence-electron chi connectivity index (χ0n) is 11.7. The Kier molecular flexibility index (Phi) is 5.55. The molecule has 5 nitrogen and oxygen atoms in total. The highest BCUT2D eigenvalue weighted by Gasteiger charge is 2.03. The summed E-state index contributed by atoms with van der Waals surface area (Å²) in [7, 11) is -2.96. The van der Waals surface area contributed by atoms with Crippen LogP contribution < -0.4 is 5.32 Å². The van der Waals surface area contributed by atoms with Gasteiger partial charge in [0.15, 0.2) is 0 Å². The van der Waals surface area contributed by atoms with Gasteiger partial charge in [0, 0.05) is 34.5 Å². The van der Waals surface area contributed by atoms with Gasteiger partial charge in [0.2, 0.25) is 0 Å². The highest BCUT2D eigenvalue weighted by atomic mass is 79.9. The average molecular weight is 373 g/mol. The molecule has 0 saturated carbocycles. The lowest BCUT2D eigenvalue weighted by Gasteiger charge is -2.10. The third-order valence-electron chi connectivity index (χ3n) is 2.86. The molecule has 0 aliphatic rings. The van der Waals surface area contributed by atoms with E-state index in [9.17, 15) is 8.42 Å². The minimum atomic E-state index is -2.96. The highest BCUT2D eigenvalue weighted by Crippen LogP contribution is 2.24. The van der Waals surface area contributed by atoms with Crippen LogP contribution in [-0.4, -0.2) is 45.2 Å². The van der Waals surface area contributed by atoms with Crippen molar-refractivity contribution in [3.63, 3.8) is 0 Å². The Bertz CT molecular complexity index is 719. The lowest BCUT2D eigenvalue weighted by molar-refractivity contribution is 0.159. The molecule has 1 N–H and O–H groups in total. The topological polar surface area (TPSA) is 68.3 Å².